The number of benzene rings is 2. The van der Waals surface area contributed by atoms with E-state index in [1.807, 2.05) is 6.07 Å². The molecule has 2 aromatic carbocycles. The molecule has 194 valence electrons. The molecule has 3 aliphatic rings. The highest BCUT2D eigenvalue weighted by Gasteiger charge is 2.38. The molecule has 3 heterocycles. The Balaban J connectivity index is 0.000000455. The van der Waals surface area contributed by atoms with Crippen LogP contribution in [-0.2, 0) is 24.8 Å². The van der Waals surface area contributed by atoms with E-state index in [-0.39, 0.29) is 5.82 Å². The van der Waals surface area contributed by atoms with Gasteiger partial charge in [-0.1, -0.05) is 18.2 Å². The molecule has 10 heteroatoms. The van der Waals surface area contributed by atoms with E-state index in [1.165, 1.54) is 37.1 Å². The molecule has 0 radical (unpaired) electrons. The normalized spacial score (nSPS) is 21.9. The van der Waals surface area contributed by atoms with Crippen LogP contribution in [0.2, 0.25) is 0 Å². The maximum atomic E-state index is 13.3. The monoisotopic (exact) mass is 503 g/mol. The molecule has 2 unspecified atom stereocenters. The maximum absolute atomic E-state index is 13.3. The van der Waals surface area contributed by atoms with Crippen molar-refractivity contribution in [1.82, 2.24) is 0 Å². The second-order valence-electron chi connectivity index (χ2n) is 9.06. The van der Waals surface area contributed by atoms with Gasteiger partial charge in [0.1, 0.15) is 5.82 Å². The number of carbonyl (C=O) groups excluding carboxylic acids is 1. The minimum absolute atomic E-state index is 0.237. The van der Waals surface area contributed by atoms with Crippen LogP contribution in [0.5, 0.6) is 11.5 Å². The van der Waals surface area contributed by atoms with Crippen LogP contribution in [0, 0.1) is 5.82 Å². The van der Waals surface area contributed by atoms with Crippen molar-refractivity contribution in [2.75, 3.05) is 39.6 Å². The Morgan fingerprint density at radius 2 is 1.78 bits per heavy atom. The number of carboxylic acids is 2. The van der Waals surface area contributed by atoms with Crippen LogP contribution in [0.1, 0.15) is 42.7 Å². The number of fused-ring (bicyclic) bond motifs is 1. The van der Waals surface area contributed by atoms with Gasteiger partial charge in [0.15, 0.2) is 23.3 Å². The second-order valence-corrected chi connectivity index (χ2v) is 9.06. The highest BCUT2D eigenvalue weighted by atomic mass is 19.1. The van der Waals surface area contributed by atoms with E-state index >= 15 is 0 Å². The molecular weight excluding hydrogens is 473 g/mol. The van der Waals surface area contributed by atoms with E-state index in [1.54, 1.807) is 17.0 Å². The number of carbonyl (C=O) groups is 2. The number of hydrogen-bond donors (Lipinski definition) is 2. The van der Waals surface area contributed by atoms with Gasteiger partial charge in [-0.3, -0.25) is 0 Å². The molecule has 0 amide bonds. The third-order valence-electron chi connectivity index (χ3n) is 6.73. The quantitative estimate of drug-likeness (QED) is 0.557. The molecule has 0 aromatic heterocycles. The number of ether oxygens (including phenoxy) is 4. The van der Waals surface area contributed by atoms with Crippen LogP contribution in [0.4, 0.5) is 4.39 Å². The second kappa shape index (κ2) is 11.7. The first kappa shape index (κ1) is 25.9. The lowest BCUT2D eigenvalue weighted by molar-refractivity contribution is -0.906. The Hall–Kier alpha value is -3.21. The lowest BCUT2D eigenvalue weighted by Gasteiger charge is -2.32. The van der Waals surface area contributed by atoms with Gasteiger partial charge in [0.05, 0.1) is 32.8 Å². The summed E-state index contributed by atoms with van der Waals surface area (Å²) in [6.07, 6.45) is 4.23. The summed E-state index contributed by atoms with van der Waals surface area (Å²) in [6, 6.07) is 12.9. The predicted molar refractivity (Wildman–Crippen MR) is 122 cm³/mol. The third kappa shape index (κ3) is 6.31. The van der Waals surface area contributed by atoms with Crippen molar-refractivity contribution in [2.45, 2.75) is 37.4 Å². The average molecular weight is 504 g/mol. The van der Waals surface area contributed by atoms with E-state index in [2.05, 4.69) is 12.1 Å². The first-order chi connectivity index (χ1) is 17.4. The molecule has 3 aliphatic heterocycles. The molecule has 9 nitrogen and oxygen atoms in total. The molecule has 2 aromatic rings. The minimum atomic E-state index is -2.07. The Morgan fingerprint density at radius 3 is 2.47 bits per heavy atom. The van der Waals surface area contributed by atoms with Crippen molar-refractivity contribution in [1.29, 1.82) is 0 Å². The number of rotatable bonds is 6. The van der Waals surface area contributed by atoms with Gasteiger partial charge in [-0.25, -0.2) is 9.18 Å². The molecule has 2 saturated heterocycles. The fourth-order valence-electron chi connectivity index (χ4n) is 5.01. The number of carboxylic acid groups (broad SMARTS) is 2. The number of likely N-dealkylation sites (tertiary alicyclic amines) is 1. The van der Waals surface area contributed by atoms with E-state index in [0.29, 0.717) is 25.9 Å². The Morgan fingerprint density at radius 1 is 1.08 bits per heavy atom. The number of aliphatic carboxylic acids is 2. The third-order valence-corrected chi connectivity index (χ3v) is 6.73. The molecule has 2 N–H and O–H groups in total. The van der Waals surface area contributed by atoms with Crippen LogP contribution in [-0.4, -0.2) is 56.7 Å². The molecule has 0 spiro atoms. The van der Waals surface area contributed by atoms with Crippen molar-refractivity contribution < 1.29 is 48.0 Å². The highest BCUT2D eigenvalue weighted by Crippen LogP contribution is 2.37. The Bertz CT molecular complexity index is 1040. The molecule has 5 rings (SSSR count). The SMILES string of the molecule is Fc1ccc(C2(CCC[NH+]3CCCC(c4ccc5c(c4)OCO5)C3)OCCO2)cc1.O=C([O-])C(=O)O. The van der Waals surface area contributed by atoms with E-state index in [4.69, 9.17) is 38.7 Å². The fourth-order valence-corrected chi connectivity index (χ4v) is 5.01. The molecule has 0 bridgehead atoms. The zero-order chi connectivity index (χ0) is 25.5. The number of halogens is 1. The summed E-state index contributed by atoms with van der Waals surface area (Å²) in [5.74, 6) is -2.70. The standard InChI is InChI=1S/C24H28FNO4.C2H2O4/c25-21-7-5-20(6-8-21)24(29-13-14-30-24)10-2-12-26-11-1-3-19(16-26)18-4-9-22-23(15-18)28-17-27-22;3-1(4)2(5)6/h4-9,15,19H,1-3,10-14,16-17H2;(H,3,4)(H,5,6). The lowest BCUT2D eigenvalue weighted by Crippen LogP contribution is -3.13. The fraction of sp³-hybridized carbons (Fsp3) is 0.462. The van der Waals surface area contributed by atoms with E-state index in [9.17, 15) is 4.39 Å². The summed E-state index contributed by atoms with van der Waals surface area (Å²) in [7, 11) is 0. The van der Waals surface area contributed by atoms with Crippen molar-refractivity contribution in [3.05, 3.63) is 59.4 Å². The van der Waals surface area contributed by atoms with Gasteiger partial charge in [0.25, 0.3) is 0 Å². The molecule has 0 aliphatic carbocycles. The van der Waals surface area contributed by atoms with E-state index in [0.717, 1.165) is 43.0 Å². The number of nitrogens with one attached hydrogen (secondary N) is 1. The molecule has 2 atom stereocenters. The summed E-state index contributed by atoms with van der Waals surface area (Å²) in [5.41, 5.74) is 2.26. The van der Waals surface area contributed by atoms with Crippen LogP contribution in [0.25, 0.3) is 0 Å². The van der Waals surface area contributed by atoms with Crippen molar-refractivity contribution in [2.24, 2.45) is 0 Å². The summed E-state index contributed by atoms with van der Waals surface area (Å²) in [4.78, 5) is 19.6. The summed E-state index contributed by atoms with van der Waals surface area (Å²) >= 11 is 0. The van der Waals surface area contributed by atoms with Crippen LogP contribution in [0.15, 0.2) is 42.5 Å². The van der Waals surface area contributed by atoms with E-state index < -0.39 is 17.7 Å². The molecular formula is C26H30FNO8. The lowest BCUT2D eigenvalue weighted by atomic mass is 9.90. The summed E-state index contributed by atoms with van der Waals surface area (Å²) in [5, 5.41) is 16.3. The topological polar surface area (TPSA) is 119 Å². The van der Waals surface area contributed by atoms with Gasteiger partial charge >= 0.3 is 5.97 Å². The number of hydrogen-bond acceptors (Lipinski definition) is 7. The molecule has 36 heavy (non-hydrogen) atoms. The summed E-state index contributed by atoms with van der Waals surface area (Å²) < 4.78 is 36.4. The Labute approximate surface area is 208 Å². The van der Waals surface area contributed by atoms with Gasteiger partial charge in [-0.05, 0) is 42.7 Å². The van der Waals surface area contributed by atoms with Crippen LogP contribution < -0.4 is 19.5 Å². The van der Waals surface area contributed by atoms with Crippen molar-refractivity contribution in [3.63, 3.8) is 0 Å². The molecule has 2 fully saturated rings. The summed E-state index contributed by atoms with van der Waals surface area (Å²) in [6.45, 7) is 4.90. The van der Waals surface area contributed by atoms with Gasteiger partial charge in [0, 0.05) is 24.3 Å². The van der Waals surface area contributed by atoms with Crippen LogP contribution >= 0.6 is 0 Å². The first-order valence-corrected chi connectivity index (χ1v) is 12.1. The van der Waals surface area contributed by atoms with Crippen molar-refractivity contribution in [3.8, 4) is 11.5 Å². The van der Waals surface area contributed by atoms with Crippen LogP contribution in [0.3, 0.4) is 0 Å². The minimum Gasteiger partial charge on any atom is -0.539 e. The van der Waals surface area contributed by atoms with Gasteiger partial charge in [-0.15, -0.1) is 0 Å². The van der Waals surface area contributed by atoms with Gasteiger partial charge in [-0.2, -0.15) is 0 Å². The largest absolute Gasteiger partial charge is 0.539 e. The zero-order valence-electron chi connectivity index (χ0n) is 19.9. The molecule has 0 saturated carbocycles. The van der Waals surface area contributed by atoms with Gasteiger partial charge in [0.2, 0.25) is 6.79 Å². The predicted octanol–water partition coefficient (Wildman–Crippen LogP) is 0.818. The Kier molecular flexibility index (Phi) is 8.40. The number of quaternary nitrogens is 1. The first-order valence-electron chi connectivity index (χ1n) is 12.1. The highest BCUT2D eigenvalue weighted by molar-refractivity contribution is 6.26. The van der Waals surface area contributed by atoms with Gasteiger partial charge < -0.3 is 38.9 Å². The number of piperidine rings is 1. The smallest absolute Gasteiger partial charge is 0.351 e. The maximum Gasteiger partial charge on any atom is 0.351 e. The van der Waals surface area contributed by atoms with Crippen molar-refractivity contribution >= 4 is 11.9 Å². The zero-order valence-corrected chi connectivity index (χ0v) is 19.9. The average Bonchev–Trinajstić information content (AvgIpc) is 3.55.